The van der Waals surface area contributed by atoms with Crippen LogP contribution in [0.4, 0.5) is 19.0 Å². The first-order chi connectivity index (χ1) is 15.8. The second kappa shape index (κ2) is 10.1. The molecule has 0 radical (unpaired) electrons. The third-order valence-corrected chi connectivity index (χ3v) is 6.09. The van der Waals surface area contributed by atoms with Crippen LogP contribution in [0.3, 0.4) is 0 Å². The summed E-state index contributed by atoms with van der Waals surface area (Å²) < 4.78 is 48.6. The van der Waals surface area contributed by atoms with E-state index in [0.717, 1.165) is 44.0 Å². The largest absolute Gasteiger partial charge is 0.452 e. The van der Waals surface area contributed by atoms with Crippen LogP contribution in [0, 0.1) is 5.92 Å². The number of likely N-dealkylation sites (tertiary alicyclic amines) is 1. The van der Waals surface area contributed by atoms with E-state index in [1.54, 1.807) is 19.1 Å². The Morgan fingerprint density at radius 3 is 2.76 bits per heavy atom. The molecular formula is C21H23F3N6O2S. The Morgan fingerprint density at radius 2 is 2.09 bits per heavy atom. The molecular weight excluding hydrogens is 457 g/mol. The van der Waals surface area contributed by atoms with Gasteiger partial charge in [0.15, 0.2) is 11.6 Å². The Hall–Kier alpha value is -2.70. The van der Waals surface area contributed by atoms with E-state index < -0.39 is 18.0 Å². The molecule has 1 unspecified atom stereocenters. The van der Waals surface area contributed by atoms with Gasteiger partial charge >= 0.3 is 6.18 Å². The number of pyridine rings is 2. The van der Waals surface area contributed by atoms with Gasteiger partial charge in [-0.2, -0.15) is 13.2 Å². The molecule has 0 saturated carbocycles. The van der Waals surface area contributed by atoms with Gasteiger partial charge in [-0.3, -0.25) is 9.88 Å². The average Bonchev–Trinajstić information content (AvgIpc) is 2.80. The fourth-order valence-electron chi connectivity index (χ4n) is 3.56. The molecule has 33 heavy (non-hydrogen) atoms. The summed E-state index contributed by atoms with van der Waals surface area (Å²) in [7, 11) is 0. The van der Waals surface area contributed by atoms with Crippen molar-refractivity contribution >= 4 is 29.4 Å². The summed E-state index contributed by atoms with van der Waals surface area (Å²) in [5.41, 5.74) is -0.931. The minimum absolute atomic E-state index is 0.0105. The van der Waals surface area contributed by atoms with Crippen LogP contribution in [-0.2, 0) is 6.18 Å². The molecule has 0 aliphatic carbocycles. The summed E-state index contributed by atoms with van der Waals surface area (Å²) >= 11 is 1.42. The molecule has 8 nitrogen and oxygen atoms in total. The van der Waals surface area contributed by atoms with Gasteiger partial charge in [0.2, 0.25) is 0 Å². The first kappa shape index (κ1) is 23.5. The molecule has 1 saturated heterocycles. The van der Waals surface area contributed by atoms with Crippen molar-refractivity contribution in [2.24, 2.45) is 15.9 Å². The van der Waals surface area contributed by atoms with E-state index in [-0.39, 0.29) is 23.2 Å². The molecule has 0 amide bonds. The number of alkyl halides is 3. The van der Waals surface area contributed by atoms with Crippen molar-refractivity contribution in [3.05, 3.63) is 42.4 Å². The zero-order valence-corrected chi connectivity index (χ0v) is 18.6. The van der Waals surface area contributed by atoms with Crippen molar-refractivity contribution in [3.63, 3.8) is 0 Å². The van der Waals surface area contributed by atoms with Crippen LogP contribution in [0.1, 0.15) is 25.3 Å². The van der Waals surface area contributed by atoms with Crippen molar-refractivity contribution < 1.29 is 23.0 Å². The third kappa shape index (κ3) is 6.01. The Labute approximate surface area is 193 Å². The first-order valence-electron chi connectivity index (χ1n) is 10.4. The number of amidine groups is 2. The van der Waals surface area contributed by atoms with Crippen molar-refractivity contribution in [2.75, 3.05) is 18.8 Å². The number of aliphatic hydroxyl groups is 1. The molecule has 2 aromatic heterocycles. The van der Waals surface area contributed by atoms with Gasteiger partial charge in [-0.05, 0) is 49.9 Å². The number of halogens is 3. The van der Waals surface area contributed by atoms with Gasteiger partial charge in [0.1, 0.15) is 23.6 Å². The maximum Gasteiger partial charge on any atom is 0.418 e. The number of rotatable bonds is 5. The Kier molecular flexibility index (Phi) is 7.15. The van der Waals surface area contributed by atoms with Crippen LogP contribution < -0.4 is 9.46 Å². The average molecular weight is 481 g/mol. The number of aliphatic imine (C=N–C) groups is 2. The third-order valence-electron chi connectivity index (χ3n) is 5.33. The van der Waals surface area contributed by atoms with Crippen molar-refractivity contribution in [1.29, 1.82) is 0 Å². The van der Waals surface area contributed by atoms with Gasteiger partial charge in [-0.15, -0.1) is 0 Å². The predicted octanol–water partition coefficient (Wildman–Crippen LogP) is 4.02. The number of hydrogen-bond donors (Lipinski definition) is 2. The SMILES string of the molecule is CC(O)N1CCC(C2=N/C(=N/c3ncc(C(F)(F)F)cc3Oc3cccnc3)CSN2)CC1. The molecule has 1 fully saturated rings. The topological polar surface area (TPSA) is 95.2 Å². The summed E-state index contributed by atoms with van der Waals surface area (Å²) in [5.74, 6) is 1.98. The molecule has 0 bridgehead atoms. The van der Waals surface area contributed by atoms with Crippen LogP contribution in [0.15, 0.2) is 46.8 Å². The highest BCUT2D eigenvalue weighted by molar-refractivity contribution is 7.98. The summed E-state index contributed by atoms with van der Waals surface area (Å²) in [6.07, 6.45) is 0.280. The zero-order valence-electron chi connectivity index (χ0n) is 17.8. The molecule has 2 aliphatic rings. The first-order valence-corrected chi connectivity index (χ1v) is 11.4. The summed E-state index contributed by atoms with van der Waals surface area (Å²) in [4.78, 5) is 18.9. The fraction of sp³-hybridized carbons (Fsp3) is 0.429. The summed E-state index contributed by atoms with van der Waals surface area (Å²) in [6, 6.07) is 4.08. The molecule has 4 heterocycles. The Bertz CT molecular complexity index is 1020. The van der Waals surface area contributed by atoms with Crippen molar-refractivity contribution in [1.82, 2.24) is 19.6 Å². The molecule has 2 aliphatic heterocycles. The summed E-state index contributed by atoms with van der Waals surface area (Å²) in [6.45, 7) is 3.26. The smallest absolute Gasteiger partial charge is 0.418 e. The highest BCUT2D eigenvalue weighted by atomic mass is 32.2. The highest BCUT2D eigenvalue weighted by Gasteiger charge is 2.32. The normalized spacial score (nSPS) is 20.3. The number of piperidine rings is 1. The standard InChI is InChI=1S/C21H23F3N6O2S/c1-13(31)30-7-4-14(5-8-30)19-27-18(12-33-29-19)28-20-17(32-16-3-2-6-25-11-16)9-15(10-26-20)21(22,23)24/h2-3,6,9-11,13-14,31H,4-5,7-8,12H2,1H3,(H,26,27,28,29). The maximum absolute atomic E-state index is 13.2. The molecule has 4 rings (SSSR count). The van der Waals surface area contributed by atoms with Crippen LogP contribution in [0.5, 0.6) is 11.5 Å². The molecule has 2 N–H and O–H groups in total. The lowest BCUT2D eigenvalue weighted by atomic mass is 9.95. The molecule has 12 heteroatoms. The van der Waals surface area contributed by atoms with E-state index in [9.17, 15) is 18.3 Å². The van der Waals surface area contributed by atoms with E-state index in [1.165, 1.54) is 24.3 Å². The van der Waals surface area contributed by atoms with E-state index in [2.05, 4.69) is 24.7 Å². The van der Waals surface area contributed by atoms with Gasteiger partial charge in [0.25, 0.3) is 0 Å². The summed E-state index contributed by atoms with van der Waals surface area (Å²) in [5, 5.41) is 9.75. The quantitative estimate of drug-likeness (QED) is 0.624. The lowest BCUT2D eigenvalue weighted by Gasteiger charge is -2.34. The molecule has 1 atom stereocenters. The Morgan fingerprint density at radius 1 is 1.30 bits per heavy atom. The van der Waals surface area contributed by atoms with Crippen LogP contribution in [0.25, 0.3) is 0 Å². The second-order valence-electron chi connectivity index (χ2n) is 7.69. The lowest BCUT2D eigenvalue weighted by molar-refractivity contribution is -0.137. The molecule has 176 valence electrons. The number of aromatic nitrogens is 2. The van der Waals surface area contributed by atoms with Crippen molar-refractivity contribution in [2.45, 2.75) is 32.2 Å². The van der Waals surface area contributed by atoms with Crippen LogP contribution >= 0.6 is 11.9 Å². The van der Waals surface area contributed by atoms with Gasteiger partial charge in [0, 0.05) is 31.4 Å². The maximum atomic E-state index is 13.2. The van der Waals surface area contributed by atoms with E-state index in [4.69, 9.17) is 4.74 Å². The van der Waals surface area contributed by atoms with E-state index >= 15 is 0 Å². The predicted molar refractivity (Wildman–Crippen MR) is 120 cm³/mol. The van der Waals surface area contributed by atoms with E-state index in [0.29, 0.717) is 11.6 Å². The minimum atomic E-state index is -4.57. The number of aliphatic hydroxyl groups excluding tert-OH is 1. The highest BCUT2D eigenvalue weighted by Crippen LogP contribution is 2.37. The number of nitrogens with zero attached hydrogens (tertiary/aromatic N) is 5. The Balaban J connectivity index is 1.60. The van der Waals surface area contributed by atoms with Gasteiger partial charge in [-0.1, -0.05) is 0 Å². The second-order valence-corrected chi connectivity index (χ2v) is 8.47. The van der Waals surface area contributed by atoms with E-state index in [1.807, 2.05) is 4.90 Å². The van der Waals surface area contributed by atoms with Crippen LogP contribution in [-0.4, -0.2) is 56.7 Å². The van der Waals surface area contributed by atoms with Crippen LogP contribution in [0.2, 0.25) is 0 Å². The fourth-order valence-corrected chi connectivity index (χ4v) is 4.25. The number of hydrogen-bond acceptors (Lipinski definition) is 8. The number of nitrogens with one attached hydrogen (secondary N) is 1. The van der Waals surface area contributed by atoms with Gasteiger partial charge < -0.3 is 14.6 Å². The monoisotopic (exact) mass is 480 g/mol. The zero-order chi connectivity index (χ0) is 23.4. The van der Waals surface area contributed by atoms with Gasteiger partial charge in [0.05, 0.1) is 17.5 Å². The number of ether oxygens (including phenoxy) is 1. The molecule has 2 aromatic rings. The molecule has 0 spiro atoms. The molecule has 0 aromatic carbocycles. The minimum Gasteiger partial charge on any atom is -0.452 e. The van der Waals surface area contributed by atoms with Crippen molar-refractivity contribution in [3.8, 4) is 11.5 Å². The van der Waals surface area contributed by atoms with Gasteiger partial charge in [-0.25, -0.2) is 15.0 Å². The lowest BCUT2D eigenvalue weighted by Crippen LogP contribution is -2.44.